The van der Waals surface area contributed by atoms with Crippen molar-refractivity contribution in [3.8, 4) is 11.3 Å². The minimum atomic E-state index is 0.283. The molecular formula is C17H24ClN5O. The van der Waals surface area contributed by atoms with Crippen molar-refractivity contribution in [1.82, 2.24) is 20.0 Å². The van der Waals surface area contributed by atoms with E-state index in [9.17, 15) is 5.11 Å². The lowest BCUT2D eigenvalue weighted by molar-refractivity contribution is 0.164. The largest absolute Gasteiger partial charge is 0.396 e. The van der Waals surface area contributed by atoms with Gasteiger partial charge in [-0.1, -0.05) is 16.8 Å². The monoisotopic (exact) mass is 349 g/mol. The summed E-state index contributed by atoms with van der Waals surface area (Å²) in [6.45, 7) is 4.44. The van der Waals surface area contributed by atoms with Gasteiger partial charge >= 0.3 is 0 Å². The molecule has 1 saturated carbocycles. The molecule has 0 spiro atoms. The van der Waals surface area contributed by atoms with Gasteiger partial charge in [0.1, 0.15) is 10.8 Å². The van der Waals surface area contributed by atoms with Gasteiger partial charge in [-0.05, 0) is 51.5 Å². The van der Waals surface area contributed by atoms with E-state index < -0.39 is 0 Å². The normalized spacial score (nSPS) is 21.2. The molecule has 7 heteroatoms. The van der Waals surface area contributed by atoms with Gasteiger partial charge in [0.2, 0.25) is 0 Å². The summed E-state index contributed by atoms with van der Waals surface area (Å²) < 4.78 is 1.96. The molecular weight excluding hydrogens is 326 g/mol. The second-order valence-electron chi connectivity index (χ2n) is 6.79. The molecule has 0 bridgehead atoms. The summed E-state index contributed by atoms with van der Waals surface area (Å²) in [5, 5.41) is 21.8. The van der Waals surface area contributed by atoms with Crippen molar-refractivity contribution in [3.05, 3.63) is 23.6 Å². The second-order valence-corrected chi connectivity index (χ2v) is 7.18. The van der Waals surface area contributed by atoms with Crippen molar-refractivity contribution in [3.63, 3.8) is 0 Å². The quantitative estimate of drug-likeness (QED) is 0.807. The van der Waals surface area contributed by atoms with Gasteiger partial charge in [-0.25, -0.2) is 9.67 Å². The number of nitrogens with zero attached hydrogens (tertiary/aromatic N) is 4. The van der Waals surface area contributed by atoms with Gasteiger partial charge in [0, 0.05) is 30.1 Å². The molecule has 1 aliphatic carbocycles. The molecule has 0 amide bonds. The Morgan fingerprint density at radius 2 is 2.08 bits per heavy atom. The minimum Gasteiger partial charge on any atom is -0.396 e. The van der Waals surface area contributed by atoms with Crippen molar-refractivity contribution in [1.29, 1.82) is 0 Å². The van der Waals surface area contributed by atoms with Crippen LogP contribution in [0.4, 0.5) is 5.69 Å². The van der Waals surface area contributed by atoms with E-state index in [0.29, 0.717) is 17.1 Å². The predicted octanol–water partition coefficient (Wildman–Crippen LogP) is 3.54. The van der Waals surface area contributed by atoms with E-state index in [2.05, 4.69) is 34.5 Å². The highest BCUT2D eigenvalue weighted by atomic mass is 35.5. The van der Waals surface area contributed by atoms with E-state index >= 15 is 0 Å². The lowest BCUT2D eigenvalue weighted by Crippen LogP contribution is -2.20. The number of rotatable bonds is 5. The van der Waals surface area contributed by atoms with Crippen LogP contribution >= 0.6 is 11.6 Å². The molecule has 2 N–H and O–H groups in total. The third kappa shape index (κ3) is 3.87. The summed E-state index contributed by atoms with van der Waals surface area (Å²) in [5.41, 5.74) is 2.62. The molecule has 130 valence electrons. The molecule has 2 aromatic rings. The predicted molar refractivity (Wildman–Crippen MR) is 95.1 cm³/mol. The smallest absolute Gasteiger partial charge is 0.131 e. The van der Waals surface area contributed by atoms with E-state index in [-0.39, 0.29) is 12.6 Å². The van der Waals surface area contributed by atoms with Gasteiger partial charge in [-0.3, -0.25) is 0 Å². The van der Waals surface area contributed by atoms with Gasteiger partial charge in [0.25, 0.3) is 0 Å². The summed E-state index contributed by atoms with van der Waals surface area (Å²) in [7, 11) is 0. The first-order chi connectivity index (χ1) is 11.6. The molecule has 0 unspecified atom stereocenters. The van der Waals surface area contributed by atoms with Crippen LogP contribution in [0.3, 0.4) is 0 Å². The van der Waals surface area contributed by atoms with Crippen LogP contribution in [-0.2, 0) is 0 Å². The third-order valence-electron chi connectivity index (χ3n) is 4.55. The van der Waals surface area contributed by atoms with Crippen LogP contribution in [0.25, 0.3) is 11.3 Å². The van der Waals surface area contributed by atoms with E-state index in [1.54, 1.807) is 6.20 Å². The maximum absolute atomic E-state index is 9.27. The molecule has 3 rings (SSSR count). The Hall–Kier alpha value is -1.66. The van der Waals surface area contributed by atoms with Crippen LogP contribution in [0.2, 0.25) is 5.15 Å². The zero-order valence-corrected chi connectivity index (χ0v) is 14.9. The molecule has 0 radical (unpaired) electrons. The lowest BCUT2D eigenvalue weighted by atomic mass is 9.87. The van der Waals surface area contributed by atoms with E-state index in [1.165, 1.54) is 0 Å². The molecule has 2 aromatic heterocycles. The van der Waals surface area contributed by atoms with Gasteiger partial charge in [-0.15, -0.1) is 5.10 Å². The first kappa shape index (κ1) is 17.2. The van der Waals surface area contributed by atoms with Crippen molar-refractivity contribution in [2.75, 3.05) is 11.9 Å². The first-order valence-electron chi connectivity index (χ1n) is 8.52. The molecule has 0 aromatic carbocycles. The fourth-order valence-electron chi connectivity index (χ4n) is 3.23. The lowest BCUT2D eigenvalue weighted by Gasteiger charge is -2.26. The first-order valence-corrected chi connectivity index (χ1v) is 8.89. The Labute approximate surface area is 147 Å². The van der Waals surface area contributed by atoms with Crippen molar-refractivity contribution >= 4 is 17.3 Å². The molecule has 1 fully saturated rings. The third-order valence-corrected chi connectivity index (χ3v) is 4.76. The van der Waals surface area contributed by atoms with Crippen LogP contribution in [-0.4, -0.2) is 37.7 Å². The highest BCUT2D eigenvalue weighted by Gasteiger charge is 2.23. The Morgan fingerprint density at radius 1 is 1.33 bits per heavy atom. The van der Waals surface area contributed by atoms with Crippen LogP contribution in [0.15, 0.2) is 18.5 Å². The highest BCUT2D eigenvalue weighted by molar-refractivity contribution is 6.29. The number of aliphatic hydroxyl groups is 1. The standard InChI is InChI=1S/C17H24ClN5O/c1-11(2)20-15-7-17(18)19-8-14(15)16-9-23(22-21-16)13-5-3-12(10-24)4-6-13/h7-9,11-13,24H,3-6,10H2,1-2H3,(H,19,20). The fourth-order valence-corrected chi connectivity index (χ4v) is 3.39. The van der Waals surface area contributed by atoms with Crippen LogP contribution < -0.4 is 5.32 Å². The number of hydrogen-bond acceptors (Lipinski definition) is 5. The van der Waals surface area contributed by atoms with Gasteiger partial charge in [-0.2, -0.15) is 0 Å². The molecule has 0 saturated heterocycles. The average Bonchev–Trinajstić information content (AvgIpc) is 3.04. The molecule has 1 aliphatic rings. The van der Waals surface area contributed by atoms with Gasteiger partial charge in [0.15, 0.2) is 0 Å². The number of nitrogens with one attached hydrogen (secondary N) is 1. The second kappa shape index (κ2) is 7.49. The van der Waals surface area contributed by atoms with E-state index in [4.69, 9.17) is 11.6 Å². The summed E-state index contributed by atoms with van der Waals surface area (Å²) in [6.07, 6.45) is 7.87. The van der Waals surface area contributed by atoms with Crippen molar-refractivity contribution in [2.45, 2.75) is 51.6 Å². The molecule has 2 heterocycles. The minimum absolute atomic E-state index is 0.283. The van der Waals surface area contributed by atoms with Crippen molar-refractivity contribution < 1.29 is 5.11 Å². The molecule has 6 nitrogen and oxygen atoms in total. The van der Waals surface area contributed by atoms with Crippen LogP contribution in [0.5, 0.6) is 0 Å². The number of aromatic nitrogens is 4. The van der Waals surface area contributed by atoms with Gasteiger partial charge in [0.05, 0.1) is 12.2 Å². The van der Waals surface area contributed by atoms with E-state index in [0.717, 1.165) is 42.6 Å². The number of pyridine rings is 1. The van der Waals surface area contributed by atoms with Crippen LogP contribution in [0.1, 0.15) is 45.6 Å². The van der Waals surface area contributed by atoms with Crippen molar-refractivity contribution in [2.24, 2.45) is 5.92 Å². The molecule has 24 heavy (non-hydrogen) atoms. The fraction of sp³-hybridized carbons (Fsp3) is 0.588. The zero-order valence-electron chi connectivity index (χ0n) is 14.1. The number of halogens is 1. The SMILES string of the molecule is CC(C)Nc1cc(Cl)ncc1-c1cn(C2CCC(CO)CC2)nn1. The zero-order chi connectivity index (χ0) is 17.1. The number of anilines is 1. The summed E-state index contributed by atoms with van der Waals surface area (Å²) in [5.74, 6) is 0.437. The summed E-state index contributed by atoms with van der Waals surface area (Å²) >= 11 is 6.03. The molecule has 0 atom stereocenters. The number of hydrogen-bond donors (Lipinski definition) is 2. The summed E-state index contributed by atoms with van der Waals surface area (Å²) in [6, 6.07) is 2.46. The summed E-state index contributed by atoms with van der Waals surface area (Å²) in [4.78, 5) is 4.19. The Bertz CT molecular complexity index is 679. The topological polar surface area (TPSA) is 75.9 Å². The number of aliphatic hydroxyl groups excluding tert-OH is 1. The maximum atomic E-state index is 9.27. The maximum Gasteiger partial charge on any atom is 0.131 e. The Morgan fingerprint density at radius 3 is 2.75 bits per heavy atom. The van der Waals surface area contributed by atoms with E-state index in [1.807, 2.05) is 16.9 Å². The highest BCUT2D eigenvalue weighted by Crippen LogP contribution is 2.33. The Kier molecular flexibility index (Phi) is 5.36. The Balaban J connectivity index is 1.81. The van der Waals surface area contributed by atoms with Gasteiger partial charge < -0.3 is 10.4 Å². The van der Waals surface area contributed by atoms with Crippen LogP contribution in [0, 0.1) is 5.92 Å². The molecule has 0 aliphatic heterocycles. The average molecular weight is 350 g/mol.